The Kier molecular flexibility index (Phi) is 6.08. The Morgan fingerprint density at radius 1 is 1.07 bits per heavy atom. The van der Waals surface area contributed by atoms with E-state index in [-0.39, 0.29) is 11.0 Å². The van der Waals surface area contributed by atoms with E-state index in [2.05, 4.69) is 31.5 Å². The molecule has 0 aliphatic heterocycles. The van der Waals surface area contributed by atoms with E-state index in [1.807, 2.05) is 60.0 Å². The molecule has 150 valence electrons. The lowest BCUT2D eigenvalue weighted by Gasteiger charge is -2.10. The molecule has 3 aromatic carbocycles. The van der Waals surface area contributed by atoms with Gasteiger partial charge < -0.3 is 10.1 Å². The van der Waals surface area contributed by atoms with E-state index >= 15 is 0 Å². The van der Waals surface area contributed by atoms with Gasteiger partial charge in [0.2, 0.25) is 0 Å². The minimum Gasteiger partial charge on any atom is -0.497 e. The molecule has 0 radical (unpaired) electrons. The summed E-state index contributed by atoms with van der Waals surface area (Å²) in [5.41, 5.74) is 2.34. The Hall–Kier alpha value is -2.81. The standard InChI is InChI=1S/C22H16BrN3O2S2/c1-28-14-10-8-13(9-11-14)19-12-30-22(24-19)26-21(29)25-20(27)17-6-2-5-16-15(17)4-3-7-18(16)23/h2-12H,1H3,(H2,24,25,26,27,29). The molecule has 0 aliphatic carbocycles. The molecule has 8 heteroatoms. The van der Waals surface area contributed by atoms with Gasteiger partial charge in [0, 0.05) is 21.0 Å². The second-order valence-electron chi connectivity index (χ2n) is 6.32. The number of methoxy groups -OCH3 is 1. The van der Waals surface area contributed by atoms with Gasteiger partial charge in [-0.1, -0.05) is 40.2 Å². The fourth-order valence-electron chi connectivity index (χ4n) is 2.99. The quantitative estimate of drug-likeness (QED) is 0.345. The molecule has 0 saturated heterocycles. The summed E-state index contributed by atoms with van der Waals surface area (Å²) in [5.74, 6) is 0.514. The predicted octanol–water partition coefficient (Wildman–Crippen LogP) is 5.86. The molecule has 2 N–H and O–H groups in total. The van der Waals surface area contributed by atoms with E-state index in [9.17, 15) is 4.79 Å². The maximum absolute atomic E-state index is 12.8. The molecule has 0 atom stereocenters. The molecule has 0 spiro atoms. The van der Waals surface area contributed by atoms with Crippen molar-refractivity contribution in [3.8, 4) is 17.0 Å². The van der Waals surface area contributed by atoms with Crippen molar-refractivity contribution in [1.29, 1.82) is 0 Å². The van der Waals surface area contributed by atoms with Gasteiger partial charge in [-0.15, -0.1) is 11.3 Å². The molecular formula is C22H16BrN3O2S2. The molecule has 30 heavy (non-hydrogen) atoms. The summed E-state index contributed by atoms with van der Waals surface area (Å²) in [6, 6.07) is 19.0. The minimum atomic E-state index is -0.275. The lowest BCUT2D eigenvalue weighted by Crippen LogP contribution is -2.34. The number of amides is 1. The highest BCUT2D eigenvalue weighted by molar-refractivity contribution is 9.10. The van der Waals surface area contributed by atoms with Crippen LogP contribution in [0.4, 0.5) is 5.13 Å². The molecule has 5 nitrogen and oxygen atoms in total. The molecule has 4 rings (SSSR count). The zero-order valence-electron chi connectivity index (χ0n) is 15.8. The van der Waals surface area contributed by atoms with E-state index in [4.69, 9.17) is 17.0 Å². The highest BCUT2D eigenvalue weighted by Crippen LogP contribution is 2.27. The first-order valence-corrected chi connectivity index (χ1v) is 11.0. The number of rotatable bonds is 4. The Morgan fingerprint density at radius 2 is 1.80 bits per heavy atom. The number of benzene rings is 3. The number of hydrogen-bond acceptors (Lipinski definition) is 5. The van der Waals surface area contributed by atoms with Crippen molar-refractivity contribution in [2.45, 2.75) is 0 Å². The maximum atomic E-state index is 12.8. The van der Waals surface area contributed by atoms with Crippen LogP contribution in [-0.2, 0) is 0 Å². The van der Waals surface area contributed by atoms with Gasteiger partial charge in [-0.3, -0.25) is 10.1 Å². The lowest BCUT2D eigenvalue weighted by atomic mass is 10.0. The first-order valence-electron chi connectivity index (χ1n) is 8.94. The van der Waals surface area contributed by atoms with Gasteiger partial charge in [0.15, 0.2) is 10.2 Å². The van der Waals surface area contributed by atoms with Crippen molar-refractivity contribution in [2.75, 3.05) is 12.4 Å². The van der Waals surface area contributed by atoms with Crippen LogP contribution in [0.25, 0.3) is 22.0 Å². The van der Waals surface area contributed by atoms with Gasteiger partial charge in [0.25, 0.3) is 5.91 Å². The van der Waals surface area contributed by atoms with E-state index in [0.717, 1.165) is 32.3 Å². The number of carbonyl (C=O) groups excluding carboxylic acids is 1. The van der Waals surface area contributed by atoms with Crippen molar-refractivity contribution in [2.24, 2.45) is 0 Å². The molecule has 0 saturated carbocycles. The second kappa shape index (κ2) is 8.91. The zero-order valence-corrected chi connectivity index (χ0v) is 19.0. The number of anilines is 1. The van der Waals surface area contributed by atoms with Crippen molar-refractivity contribution in [1.82, 2.24) is 10.3 Å². The van der Waals surface area contributed by atoms with E-state index in [0.29, 0.717) is 10.7 Å². The van der Waals surface area contributed by atoms with Gasteiger partial charge in [0.1, 0.15) is 5.75 Å². The second-order valence-corrected chi connectivity index (χ2v) is 8.44. The summed E-state index contributed by atoms with van der Waals surface area (Å²) >= 11 is 10.3. The molecule has 0 fully saturated rings. The third kappa shape index (κ3) is 4.35. The van der Waals surface area contributed by atoms with Gasteiger partial charge in [0.05, 0.1) is 12.8 Å². The summed E-state index contributed by atoms with van der Waals surface area (Å²) in [6.45, 7) is 0. The summed E-state index contributed by atoms with van der Waals surface area (Å²) in [7, 11) is 1.63. The number of carbonyl (C=O) groups is 1. The highest BCUT2D eigenvalue weighted by atomic mass is 79.9. The Morgan fingerprint density at radius 3 is 2.57 bits per heavy atom. The van der Waals surface area contributed by atoms with Crippen molar-refractivity contribution < 1.29 is 9.53 Å². The smallest absolute Gasteiger partial charge is 0.258 e. The average Bonchev–Trinajstić information content (AvgIpc) is 3.22. The SMILES string of the molecule is COc1ccc(-c2csc(NC(=S)NC(=O)c3cccc4c(Br)cccc34)n2)cc1. The number of fused-ring (bicyclic) bond motifs is 1. The number of hydrogen-bond donors (Lipinski definition) is 2. The Labute approximate surface area is 191 Å². The topological polar surface area (TPSA) is 63.2 Å². The normalized spacial score (nSPS) is 10.6. The maximum Gasteiger partial charge on any atom is 0.258 e. The number of thiazole rings is 1. The average molecular weight is 498 g/mol. The number of halogens is 1. The van der Waals surface area contributed by atoms with Crippen LogP contribution in [0.5, 0.6) is 5.75 Å². The number of nitrogens with one attached hydrogen (secondary N) is 2. The molecule has 0 unspecified atom stereocenters. The first kappa shape index (κ1) is 20.5. The molecule has 1 aromatic heterocycles. The molecular weight excluding hydrogens is 482 g/mol. The van der Waals surface area contributed by atoms with Crippen molar-refractivity contribution in [3.05, 3.63) is 76.1 Å². The summed E-state index contributed by atoms with van der Waals surface area (Å²) in [6.07, 6.45) is 0. The van der Waals surface area contributed by atoms with Gasteiger partial charge >= 0.3 is 0 Å². The first-order chi connectivity index (χ1) is 14.5. The lowest BCUT2D eigenvalue weighted by molar-refractivity contribution is 0.0979. The van der Waals surface area contributed by atoms with Crippen molar-refractivity contribution >= 4 is 66.4 Å². The van der Waals surface area contributed by atoms with Crippen LogP contribution < -0.4 is 15.4 Å². The molecule has 4 aromatic rings. The largest absolute Gasteiger partial charge is 0.497 e. The summed E-state index contributed by atoms with van der Waals surface area (Å²) in [4.78, 5) is 17.3. The summed E-state index contributed by atoms with van der Waals surface area (Å²) < 4.78 is 6.11. The van der Waals surface area contributed by atoms with Crippen LogP contribution in [0.3, 0.4) is 0 Å². The van der Waals surface area contributed by atoms with Crippen LogP contribution in [0, 0.1) is 0 Å². The van der Waals surface area contributed by atoms with Gasteiger partial charge in [-0.05, 0) is 59.4 Å². The van der Waals surface area contributed by atoms with Crippen LogP contribution in [0.1, 0.15) is 10.4 Å². The van der Waals surface area contributed by atoms with E-state index in [1.165, 1.54) is 11.3 Å². The molecule has 1 amide bonds. The Bertz CT molecular complexity index is 1240. The van der Waals surface area contributed by atoms with E-state index < -0.39 is 0 Å². The van der Waals surface area contributed by atoms with E-state index in [1.54, 1.807) is 13.2 Å². The number of aromatic nitrogens is 1. The third-order valence-corrected chi connectivity index (χ3v) is 6.10. The van der Waals surface area contributed by atoms with Crippen LogP contribution in [0.2, 0.25) is 0 Å². The number of thiocarbonyl (C=S) groups is 1. The predicted molar refractivity (Wildman–Crippen MR) is 129 cm³/mol. The summed E-state index contributed by atoms with van der Waals surface area (Å²) in [5, 5.41) is 10.3. The van der Waals surface area contributed by atoms with Crippen LogP contribution in [0.15, 0.2) is 70.5 Å². The fourth-order valence-corrected chi connectivity index (χ4v) is 4.47. The minimum absolute atomic E-state index is 0.197. The monoisotopic (exact) mass is 497 g/mol. The fraction of sp³-hybridized carbons (Fsp3) is 0.0455. The van der Waals surface area contributed by atoms with Gasteiger partial charge in [-0.2, -0.15) is 0 Å². The third-order valence-electron chi connectivity index (χ3n) is 4.45. The molecule has 0 aliphatic rings. The molecule has 1 heterocycles. The number of ether oxygens (including phenoxy) is 1. The highest BCUT2D eigenvalue weighted by Gasteiger charge is 2.13. The zero-order chi connectivity index (χ0) is 21.1. The van der Waals surface area contributed by atoms with Crippen LogP contribution in [-0.4, -0.2) is 23.1 Å². The van der Waals surface area contributed by atoms with Gasteiger partial charge in [-0.25, -0.2) is 4.98 Å². The van der Waals surface area contributed by atoms with Crippen LogP contribution >= 0.6 is 39.5 Å². The number of nitrogens with zero attached hydrogens (tertiary/aromatic N) is 1. The van der Waals surface area contributed by atoms with Crippen molar-refractivity contribution in [3.63, 3.8) is 0 Å². The Balaban J connectivity index is 1.46. The molecule has 0 bridgehead atoms.